The molecule has 0 spiro atoms. The van der Waals surface area contributed by atoms with E-state index in [9.17, 15) is 4.79 Å². The van der Waals surface area contributed by atoms with E-state index in [1.165, 1.54) is 0 Å². The van der Waals surface area contributed by atoms with Gasteiger partial charge >= 0.3 is 0 Å². The first-order chi connectivity index (χ1) is 8.10. The van der Waals surface area contributed by atoms with Crippen molar-refractivity contribution in [3.63, 3.8) is 0 Å². The first-order valence-electron chi connectivity index (χ1n) is 6.10. The zero-order valence-electron chi connectivity index (χ0n) is 10.1. The minimum atomic E-state index is -0.262. The Hall–Kier alpha value is -1.31. The van der Waals surface area contributed by atoms with Crippen LogP contribution in [0, 0.1) is 29.7 Å². The third-order valence-electron chi connectivity index (χ3n) is 4.29. The summed E-state index contributed by atoms with van der Waals surface area (Å²) < 4.78 is 5.87. The first kappa shape index (κ1) is 10.8. The van der Waals surface area contributed by atoms with E-state index in [0.29, 0.717) is 5.92 Å². The van der Waals surface area contributed by atoms with E-state index in [-0.39, 0.29) is 23.2 Å². The largest absolute Gasteiger partial charge is 0.482 e. The maximum Gasteiger partial charge on any atom is 0.177 e. The van der Waals surface area contributed by atoms with Crippen molar-refractivity contribution in [3.8, 4) is 5.75 Å². The maximum absolute atomic E-state index is 12.2. The predicted octanol–water partition coefficient (Wildman–Crippen LogP) is 2.68. The smallest absolute Gasteiger partial charge is 0.177 e. The van der Waals surface area contributed by atoms with Gasteiger partial charge in [0.2, 0.25) is 0 Å². The molecule has 1 aromatic rings. The molecule has 2 bridgehead atoms. The second kappa shape index (κ2) is 3.59. The lowest BCUT2D eigenvalue weighted by Gasteiger charge is -2.25. The molecule has 17 heavy (non-hydrogen) atoms. The van der Waals surface area contributed by atoms with Gasteiger partial charge in [0, 0.05) is 11.8 Å². The molecule has 0 aliphatic heterocycles. The number of Topliss-reactive ketones (excluding diaryl/α,β-unsaturated/α-hetero) is 1. The Bertz CT molecular complexity index is 435. The molecule has 1 aromatic carbocycles. The summed E-state index contributed by atoms with van der Waals surface area (Å²) in [5, 5.41) is 0. The average molecular weight is 228 g/mol. The van der Waals surface area contributed by atoms with Crippen molar-refractivity contribution in [2.45, 2.75) is 26.4 Å². The van der Waals surface area contributed by atoms with Gasteiger partial charge < -0.3 is 4.74 Å². The van der Waals surface area contributed by atoms with Crippen molar-refractivity contribution >= 4 is 5.78 Å². The normalized spacial score (nSPS) is 34.0. The minimum Gasteiger partial charge on any atom is -0.482 e. The van der Waals surface area contributed by atoms with Crippen LogP contribution in [-0.2, 0) is 4.79 Å². The number of ketones is 1. The molecule has 0 saturated heterocycles. The van der Waals surface area contributed by atoms with Crippen LogP contribution in [0.3, 0.4) is 0 Å². The SMILES string of the molecule is CC1(C)C2[CH]CC1C(Oc1cc[c]cc1)C2=O. The van der Waals surface area contributed by atoms with E-state index in [4.69, 9.17) is 4.74 Å². The van der Waals surface area contributed by atoms with E-state index in [0.717, 1.165) is 12.2 Å². The second-order valence-electron chi connectivity index (χ2n) is 5.55. The number of rotatable bonds is 2. The van der Waals surface area contributed by atoms with Gasteiger partial charge in [-0.3, -0.25) is 4.79 Å². The monoisotopic (exact) mass is 228 g/mol. The van der Waals surface area contributed by atoms with Crippen LogP contribution in [0.4, 0.5) is 0 Å². The number of fused-ring (bicyclic) bond motifs is 2. The second-order valence-corrected chi connectivity index (χ2v) is 5.55. The Kier molecular flexibility index (Phi) is 2.29. The Balaban J connectivity index is 1.84. The molecule has 2 aliphatic rings. The molecule has 0 N–H and O–H groups in total. The van der Waals surface area contributed by atoms with E-state index in [2.05, 4.69) is 26.3 Å². The molecule has 2 aliphatic carbocycles. The van der Waals surface area contributed by atoms with Gasteiger partial charge in [-0.15, -0.1) is 0 Å². The third kappa shape index (κ3) is 1.50. The van der Waals surface area contributed by atoms with Gasteiger partial charge in [-0.2, -0.15) is 0 Å². The van der Waals surface area contributed by atoms with Crippen LogP contribution in [0.15, 0.2) is 24.3 Å². The van der Waals surface area contributed by atoms with Gasteiger partial charge in [-0.05, 0) is 36.5 Å². The maximum atomic E-state index is 12.2. The topological polar surface area (TPSA) is 26.3 Å². The highest BCUT2D eigenvalue weighted by molar-refractivity contribution is 5.92. The summed E-state index contributed by atoms with van der Waals surface area (Å²) in [7, 11) is 0. The summed E-state index contributed by atoms with van der Waals surface area (Å²) in [6.45, 7) is 4.34. The van der Waals surface area contributed by atoms with Gasteiger partial charge in [-0.1, -0.05) is 26.0 Å². The Morgan fingerprint density at radius 2 is 2.06 bits per heavy atom. The fourth-order valence-electron chi connectivity index (χ4n) is 3.23. The van der Waals surface area contributed by atoms with E-state index >= 15 is 0 Å². The van der Waals surface area contributed by atoms with Crippen molar-refractivity contribution in [1.82, 2.24) is 0 Å². The van der Waals surface area contributed by atoms with Crippen LogP contribution in [0.5, 0.6) is 5.75 Å². The molecule has 2 fully saturated rings. The molecule has 3 rings (SSSR count). The van der Waals surface area contributed by atoms with Crippen LogP contribution >= 0.6 is 0 Å². The Morgan fingerprint density at radius 1 is 1.35 bits per heavy atom. The standard InChI is InChI=1S/C15H16O2/c1-15(2)11-8-9-12(15)14(13(11)16)17-10-6-4-3-5-7-10/h4-8,11-12,14H,9H2,1-2H3. The fraction of sp³-hybridized carbons (Fsp3) is 0.467. The number of hydrogen-bond donors (Lipinski definition) is 0. The molecular weight excluding hydrogens is 212 g/mol. The number of carbonyl (C=O) groups is 1. The molecule has 0 amide bonds. The molecule has 3 atom stereocenters. The summed E-state index contributed by atoms with van der Waals surface area (Å²) >= 11 is 0. The van der Waals surface area contributed by atoms with Gasteiger partial charge in [0.1, 0.15) is 5.75 Å². The van der Waals surface area contributed by atoms with Crippen LogP contribution in [-0.4, -0.2) is 11.9 Å². The molecule has 2 heteroatoms. The van der Waals surface area contributed by atoms with Gasteiger partial charge in [-0.25, -0.2) is 0 Å². The highest BCUT2D eigenvalue weighted by Crippen LogP contribution is 2.55. The van der Waals surface area contributed by atoms with Crippen molar-refractivity contribution < 1.29 is 9.53 Å². The first-order valence-corrected chi connectivity index (χ1v) is 6.10. The van der Waals surface area contributed by atoms with E-state index in [1.54, 1.807) is 0 Å². The summed E-state index contributed by atoms with van der Waals surface area (Å²) in [6, 6.07) is 10.3. The molecule has 3 unspecified atom stereocenters. The zero-order chi connectivity index (χ0) is 12.0. The average Bonchev–Trinajstić information content (AvgIpc) is 2.69. The van der Waals surface area contributed by atoms with Gasteiger partial charge in [0.05, 0.1) is 0 Å². The Labute approximate surface area is 102 Å². The van der Waals surface area contributed by atoms with Crippen LogP contribution in [0.25, 0.3) is 0 Å². The molecule has 0 aromatic heterocycles. The molecular formula is C15H16O2. The van der Waals surface area contributed by atoms with Crippen molar-refractivity contribution in [3.05, 3.63) is 36.8 Å². The van der Waals surface area contributed by atoms with Crippen LogP contribution in [0.2, 0.25) is 0 Å². The molecule has 2 nitrogen and oxygen atoms in total. The third-order valence-corrected chi connectivity index (χ3v) is 4.29. The van der Waals surface area contributed by atoms with Crippen molar-refractivity contribution in [2.24, 2.45) is 17.3 Å². The summed E-state index contributed by atoms with van der Waals surface area (Å²) in [4.78, 5) is 12.2. The van der Waals surface area contributed by atoms with Gasteiger partial charge in [0.15, 0.2) is 11.9 Å². The highest BCUT2D eigenvalue weighted by atomic mass is 16.5. The fourth-order valence-corrected chi connectivity index (χ4v) is 3.23. The minimum absolute atomic E-state index is 0.0582. The van der Waals surface area contributed by atoms with Gasteiger partial charge in [0.25, 0.3) is 0 Å². The molecule has 0 heterocycles. The number of ether oxygens (including phenoxy) is 1. The van der Waals surface area contributed by atoms with Crippen molar-refractivity contribution in [2.75, 3.05) is 0 Å². The van der Waals surface area contributed by atoms with Crippen LogP contribution < -0.4 is 4.74 Å². The number of benzene rings is 1. The Morgan fingerprint density at radius 3 is 2.65 bits per heavy atom. The van der Waals surface area contributed by atoms with Crippen LogP contribution in [0.1, 0.15) is 20.3 Å². The molecule has 2 saturated carbocycles. The lowest BCUT2D eigenvalue weighted by molar-refractivity contribution is -0.127. The highest BCUT2D eigenvalue weighted by Gasteiger charge is 2.60. The predicted molar refractivity (Wildman–Crippen MR) is 64.4 cm³/mol. The summed E-state index contributed by atoms with van der Waals surface area (Å²) in [5.41, 5.74) is 0.0582. The lowest BCUT2D eigenvalue weighted by atomic mass is 9.82. The summed E-state index contributed by atoms with van der Waals surface area (Å²) in [6.07, 6.45) is 2.89. The quantitative estimate of drug-likeness (QED) is 0.778. The van der Waals surface area contributed by atoms with Crippen molar-refractivity contribution in [1.29, 1.82) is 0 Å². The number of hydrogen-bond acceptors (Lipinski definition) is 2. The zero-order valence-corrected chi connectivity index (χ0v) is 10.1. The van der Waals surface area contributed by atoms with E-state index in [1.807, 2.05) is 24.3 Å². The number of carbonyl (C=O) groups excluding carboxylic acids is 1. The molecule has 88 valence electrons. The molecule has 2 radical (unpaired) electrons. The lowest BCUT2D eigenvalue weighted by Crippen LogP contribution is -2.33. The summed E-state index contributed by atoms with van der Waals surface area (Å²) in [5.74, 6) is 1.42. The van der Waals surface area contributed by atoms with E-state index < -0.39 is 0 Å².